The van der Waals surface area contributed by atoms with Crippen molar-refractivity contribution in [1.82, 2.24) is 35.1 Å². The lowest BCUT2D eigenvalue weighted by Crippen LogP contribution is -2.02. The number of hydrogen-bond donors (Lipinski definition) is 2. The first-order valence-electron chi connectivity index (χ1n) is 8.49. The Morgan fingerprint density at radius 2 is 2.04 bits per heavy atom. The summed E-state index contributed by atoms with van der Waals surface area (Å²) < 4.78 is 7.08. The minimum atomic E-state index is 0.565. The number of nitrogens with one attached hydrogen (secondary N) is 2. The third-order valence-electron chi connectivity index (χ3n) is 4.38. The predicted octanol–water partition coefficient (Wildman–Crippen LogP) is 3.10. The molecular weight excluding hydrogens is 344 g/mol. The molecule has 0 saturated heterocycles. The first kappa shape index (κ1) is 15.5. The lowest BCUT2D eigenvalue weighted by molar-refractivity contribution is 0.388. The SMILES string of the molecule is Cc1cc(Cn2nc(C)c3cc(Nc4[nH]nc5nccnc45)ccc32)no1. The molecule has 0 unspecified atom stereocenters. The van der Waals surface area contributed by atoms with Gasteiger partial charge in [0.2, 0.25) is 5.65 Å². The lowest BCUT2D eigenvalue weighted by atomic mass is 10.2. The molecule has 9 nitrogen and oxygen atoms in total. The Bertz CT molecular complexity index is 1270. The third kappa shape index (κ3) is 2.69. The zero-order valence-electron chi connectivity index (χ0n) is 14.8. The molecular formula is C18H16N8O. The van der Waals surface area contributed by atoms with Crippen LogP contribution in [-0.2, 0) is 6.54 Å². The van der Waals surface area contributed by atoms with Crippen molar-refractivity contribution in [3.8, 4) is 0 Å². The Morgan fingerprint density at radius 3 is 2.89 bits per heavy atom. The van der Waals surface area contributed by atoms with Crippen LogP contribution in [0.2, 0.25) is 0 Å². The van der Waals surface area contributed by atoms with E-state index in [0.717, 1.165) is 33.7 Å². The maximum absolute atomic E-state index is 5.15. The summed E-state index contributed by atoms with van der Waals surface area (Å²) >= 11 is 0. The van der Waals surface area contributed by atoms with E-state index < -0.39 is 0 Å². The number of benzene rings is 1. The molecule has 0 amide bonds. The number of H-pyrrole nitrogens is 1. The normalized spacial score (nSPS) is 11.5. The maximum atomic E-state index is 5.15. The van der Waals surface area contributed by atoms with Gasteiger partial charge in [0.05, 0.1) is 17.8 Å². The van der Waals surface area contributed by atoms with E-state index in [0.29, 0.717) is 23.5 Å². The van der Waals surface area contributed by atoms with Crippen molar-refractivity contribution in [2.75, 3.05) is 5.32 Å². The van der Waals surface area contributed by atoms with E-state index in [1.165, 1.54) is 0 Å². The first-order chi connectivity index (χ1) is 13.2. The second kappa shape index (κ2) is 5.90. The number of aromatic amines is 1. The van der Waals surface area contributed by atoms with Gasteiger partial charge in [-0.25, -0.2) is 9.97 Å². The van der Waals surface area contributed by atoms with Gasteiger partial charge in [0.1, 0.15) is 11.5 Å². The minimum absolute atomic E-state index is 0.565. The van der Waals surface area contributed by atoms with Crippen LogP contribution in [0.5, 0.6) is 0 Å². The van der Waals surface area contributed by atoms with Crippen LogP contribution in [0.3, 0.4) is 0 Å². The van der Waals surface area contributed by atoms with Crippen LogP contribution < -0.4 is 5.32 Å². The van der Waals surface area contributed by atoms with E-state index in [2.05, 4.69) is 41.8 Å². The average Bonchev–Trinajstić information content (AvgIpc) is 3.35. The van der Waals surface area contributed by atoms with E-state index in [9.17, 15) is 0 Å². The van der Waals surface area contributed by atoms with E-state index in [-0.39, 0.29) is 0 Å². The molecule has 0 aliphatic heterocycles. The standard InChI is InChI=1S/C18H16N8O/c1-10-7-13(25-27-10)9-26-15-4-3-12(8-14(15)11(2)24-26)21-18-16-17(22-23-18)20-6-5-19-16/h3-8H,9H2,1-2H3,(H2,20,21,22,23). The summed E-state index contributed by atoms with van der Waals surface area (Å²) in [6.45, 7) is 4.44. The highest BCUT2D eigenvalue weighted by Gasteiger charge is 2.12. The highest BCUT2D eigenvalue weighted by atomic mass is 16.5. The van der Waals surface area contributed by atoms with Crippen LogP contribution in [0.15, 0.2) is 41.2 Å². The topological polar surface area (TPSA) is 110 Å². The van der Waals surface area contributed by atoms with Gasteiger partial charge in [-0.05, 0) is 32.0 Å². The molecule has 2 N–H and O–H groups in total. The van der Waals surface area contributed by atoms with Crippen molar-refractivity contribution in [3.05, 3.63) is 53.8 Å². The van der Waals surface area contributed by atoms with Crippen molar-refractivity contribution in [3.63, 3.8) is 0 Å². The molecule has 4 heterocycles. The van der Waals surface area contributed by atoms with Crippen LogP contribution in [0.4, 0.5) is 11.5 Å². The van der Waals surface area contributed by atoms with Crippen LogP contribution in [0.1, 0.15) is 17.1 Å². The molecule has 0 aliphatic rings. The van der Waals surface area contributed by atoms with Crippen LogP contribution in [-0.4, -0.2) is 35.1 Å². The molecule has 134 valence electrons. The van der Waals surface area contributed by atoms with Gasteiger partial charge in [-0.15, -0.1) is 0 Å². The monoisotopic (exact) mass is 360 g/mol. The third-order valence-corrected chi connectivity index (χ3v) is 4.38. The Hall–Kier alpha value is -3.75. The summed E-state index contributed by atoms with van der Waals surface area (Å²) in [6, 6.07) is 8.01. The van der Waals surface area contributed by atoms with Crippen LogP contribution in [0.25, 0.3) is 22.1 Å². The van der Waals surface area contributed by atoms with Crippen molar-refractivity contribution >= 4 is 33.6 Å². The number of fused-ring (bicyclic) bond motifs is 2. The molecule has 0 saturated carbocycles. The molecule has 4 aromatic heterocycles. The van der Waals surface area contributed by atoms with E-state index in [1.54, 1.807) is 12.4 Å². The summed E-state index contributed by atoms with van der Waals surface area (Å²) in [7, 11) is 0. The van der Waals surface area contributed by atoms with Gasteiger partial charge in [0.15, 0.2) is 11.3 Å². The number of aromatic nitrogens is 7. The van der Waals surface area contributed by atoms with E-state index >= 15 is 0 Å². The molecule has 0 spiro atoms. The fourth-order valence-corrected chi connectivity index (χ4v) is 3.17. The summed E-state index contributed by atoms with van der Waals surface area (Å²) in [5.41, 5.74) is 5.02. The van der Waals surface area contributed by atoms with Crippen molar-refractivity contribution in [2.45, 2.75) is 20.4 Å². The summed E-state index contributed by atoms with van der Waals surface area (Å²) in [4.78, 5) is 8.50. The highest BCUT2D eigenvalue weighted by Crippen LogP contribution is 2.26. The fourth-order valence-electron chi connectivity index (χ4n) is 3.17. The van der Waals surface area contributed by atoms with Gasteiger partial charge < -0.3 is 9.84 Å². The maximum Gasteiger partial charge on any atom is 0.201 e. The second-order valence-electron chi connectivity index (χ2n) is 6.36. The van der Waals surface area contributed by atoms with Crippen LogP contribution in [0, 0.1) is 13.8 Å². The summed E-state index contributed by atoms with van der Waals surface area (Å²) in [5.74, 6) is 1.50. The Kier molecular flexibility index (Phi) is 3.39. The number of nitrogens with zero attached hydrogens (tertiary/aromatic N) is 6. The Balaban J connectivity index is 1.49. The molecule has 9 heteroatoms. The van der Waals surface area contributed by atoms with Gasteiger partial charge in [-0.1, -0.05) is 5.16 Å². The Labute approximate surface area is 153 Å². The molecule has 5 rings (SSSR count). The quantitative estimate of drug-likeness (QED) is 0.506. The number of aryl methyl sites for hydroxylation is 2. The largest absolute Gasteiger partial charge is 0.361 e. The van der Waals surface area contributed by atoms with Gasteiger partial charge in [-0.3, -0.25) is 9.78 Å². The van der Waals surface area contributed by atoms with E-state index in [4.69, 9.17) is 4.52 Å². The fraction of sp³-hybridized carbons (Fsp3) is 0.167. The molecule has 0 radical (unpaired) electrons. The van der Waals surface area contributed by atoms with Gasteiger partial charge >= 0.3 is 0 Å². The zero-order valence-corrected chi connectivity index (χ0v) is 14.8. The van der Waals surface area contributed by atoms with Crippen molar-refractivity contribution in [1.29, 1.82) is 0 Å². The lowest BCUT2D eigenvalue weighted by Gasteiger charge is -2.05. The molecule has 0 bridgehead atoms. The smallest absolute Gasteiger partial charge is 0.201 e. The van der Waals surface area contributed by atoms with Gasteiger partial charge in [0.25, 0.3) is 0 Å². The highest BCUT2D eigenvalue weighted by molar-refractivity contribution is 5.89. The van der Waals surface area contributed by atoms with Crippen molar-refractivity contribution < 1.29 is 4.52 Å². The summed E-state index contributed by atoms with van der Waals surface area (Å²) in [6.07, 6.45) is 3.26. The minimum Gasteiger partial charge on any atom is -0.361 e. The summed E-state index contributed by atoms with van der Waals surface area (Å²) in [5, 5.41) is 20.2. The Morgan fingerprint density at radius 1 is 1.15 bits per heavy atom. The number of anilines is 2. The van der Waals surface area contributed by atoms with E-state index in [1.807, 2.05) is 36.7 Å². The predicted molar refractivity (Wildman–Crippen MR) is 99.8 cm³/mol. The number of rotatable bonds is 4. The average molecular weight is 360 g/mol. The van der Waals surface area contributed by atoms with Crippen molar-refractivity contribution in [2.24, 2.45) is 0 Å². The molecule has 5 aromatic rings. The molecule has 0 fully saturated rings. The molecule has 0 aliphatic carbocycles. The second-order valence-corrected chi connectivity index (χ2v) is 6.36. The number of hydrogen-bond acceptors (Lipinski definition) is 7. The zero-order chi connectivity index (χ0) is 18.4. The van der Waals surface area contributed by atoms with Gasteiger partial charge in [-0.2, -0.15) is 10.2 Å². The van der Waals surface area contributed by atoms with Crippen LogP contribution >= 0.6 is 0 Å². The molecule has 27 heavy (non-hydrogen) atoms. The first-order valence-corrected chi connectivity index (χ1v) is 8.49. The molecule has 0 atom stereocenters. The molecule has 1 aromatic carbocycles. The van der Waals surface area contributed by atoms with Gasteiger partial charge in [0, 0.05) is 29.5 Å².